The van der Waals surface area contributed by atoms with Gasteiger partial charge in [-0.15, -0.1) is 6.42 Å². The number of rotatable bonds is 2. The van der Waals surface area contributed by atoms with Crippen LogP contribution in [0.1, 0.15) is 19.4 Å². The predicted molar refractivity (Wildman–Crippen MR) is 90.0 cm³/mol. The summed E-state index contributed by atoms with van der Waals surface area (Å²) in [6.45, 7) is 6.09. The lowest BCUT2D eigenvalue weighted by Gasteiger charge is -2.38. The summed E-state index contributed by atoms with van der Waals surface area (Å²) in [6.07, 6.45) is 4.47. The predicted octanol–water partition coefficient (Wildman–Crippen LogP) is 2.41. The first-order valence-electron chi connectivity index (χ1n) is 7.14. The maximum Gasteiger partial charge on any atom is 0.290 e. The number of aromatic nitrogens is 1. The fourth-order valence-electron chi connectivity index (χ4n) is 2.61. The van der Waals surface area contributed by atoms with Crippen LogP contribution in [0, 0.1) is 24.5 Å². The highest BCUT2D eigenvalue weighted by molar-refractivity contribution is 7.22. The maximum absolute atomic E-state index is 13.2. The van der Waals surface area contributed by atoms with Gasteiger partial charge in [-0.05, 0) is 38.5 Å². The molecule has 3 rings (SSSR count). The lowest BCUT2D eigenvalue weighted by Crippen LogP contribution is -2.50. The quantitative estimate of drug-likeness (QED) is 0.525. The van der Waals surface area contributed by atoms with Crippen molar-refractivity contribution < 1.29 is 5.11 Å². The Balaban J connectivity index is 2.00. The second-order valence-corrected chi connectivity index (χ2v) is 7.32. The molecule has 116 valence electrons. The Bertz CT molecular complexity index is 764. The van der Waals surface area contributed by atoms with Crippen LogP contribution in [-0.2, 0) is 0 Å². The van der Waals surface area contributed by atoms with Gasteiger partial charge in [0.2, 0.25) is 6.23 Å². The van der Waals surface area contributed by atoms with Crippen LogP contribution < -0.4 is 4.65 Å². The number of aliphatic hydroxyl groups excluding tert-OH is 1. The average molecular weight is 317 g/mol. The molecule has 1 aromatic carbocycles. The van der Waals surface area contributed by atoms with Gasteiger partial charge in [-0.1, -0.05) is 23.3 Å². The van der Waals surface area contributed by atoms with Crippen LogP contribution in [0.3, 0.4) is 0 Å². The second kappa shape index (κ2) is 5.01. The summed E-state index contributed by atoms with van der Waals surface area (Å²) < 4.78 is 0.0968. The summed E-state index contributed by atoms with van der Waals surface area (Å²) in [6, 6.07) is 5.91. The van der Waals surface area contributed by atoms with E-state index < -0.39 is 16.4 Å². The molecular formula is C16H19N3O2S. The molecule has 5 nitrogen and oxygen atoms in total. The number of benzene rings is 1. The molecule has 0 radical (unpaired) electrons. The third-order valence-electron chi connectivity index (χ3n) is 4.25. The summed E-state index contributed by atoms with van der Waals surface area (Å²) in [5, 5.41) is 23.9. The summed E-state index contributed by atoms with van der Waals surface area (Å²) >= 11 is 1.34. The minimum atomic E-state index is -1.07. The Morgan fingerprint density at radius 1 is 1.55 bits per heavy atom. The molecule has 2 unspecified atom stereocenters. The summed E-state index contributed by atoms with van der Waals surface area (Å²) in [5.74, 6) is 2.68. The van der Waals surface area contributed by atoms with Crippen LogP contribution in [-0.4, -0.2) is 40.0 Å². The van der Waals surface area contributed by atoms with Crippen molar-refractivity contribution in [1.29, 1.82) is 0 Å². The zero-order valence-electron chi connectivity index (χ0n) is 12.9. The molecule has 1 fully saturated rings. The number of hydroxylamine groups is 2. The van der Waals surface area contributed by atoms with E-state index in [1.54, 1.807) is 0 Å². The lowest BCUT2D eigenvalue weighted by molar-refractivity contribution is 0.0843. The molecule has 1 aliphatic rings. The molecule has 1 saturated heterocycles. The minimum Gasteiger partial charge on any atom is -0.623 e. The van der Waals surface area contributed by atoms with Crippen molar-refractivity contribution in [2.75, 3.05) is 13.2 Å². The van der Waals surface area contributed by atoms with Crippen LogP contribution in [0.25, 0.3) is 10.2 Å². The van der Waals surface area contributed by atoms with Crippen molar-refractivity contribution in [2.45, 2.75) is 32.5 Å². The third-order valence-corrected chi connectivity index (χ3v) is 5.39. The number of hydrogen-bond acceptors (Lipinski definition) is 5. The monoisotopic (exact) mass is 317 g/mol. The second-order valence-electron chi connectivity index (χ2n) is 6.31. The highest BCUT2D eigenvalue weighted by Crippen LogP contribution is 2.38. The van der Waals surface area contributed by atoms with E-state index in [2.05, 4.69) is 10.9 Å². The number of quaternary nitrogens is 1. The van der Waals surface area contributed by atoms with Crippen LogP contribution >= 0.6 is 11.3 Å². The van der Waals surface area contributed by atoms with Gasteiger partial charge in [0.15, 0.2) is 0 Å². The number of terminal acetylenes is 1. The highest BCUT2D eigenvalue weighted by Gasteiger charge is 2.46. The van der Waals surface area contributed by atoms with E-state index in [4.69, 9.17) is 6.42 Å². The number of fused-ring (bicyclic) bond motifs is 1. The van der Waals surface area contributed by atoms with E-state index in [0.29, 0.717) is 5.13 Å². The Hall–Kier alpha value is -1.49. The Morgan fingerprint density at radius 3 is 2.95 bits per heavy atom. The molecule has 0 bridgehead atoms. The van der Waals surface area contributed by atoms with Crippen molar-refractivity contribution in [3.63, 3.8) is 0 Å². The van der Waals surface area contributed by atoms with Gasteiger partial charge in [0.25, 0.3) is 5.13 Å². The molecule has 1 N–H and O–H groups in total. The molecule has 2 aromatic rings. The Kier molecular flexibility index (Phi) is 3.51. The van der Waals surface area contributed by atoms with E-state index in [9.17, 15) is 10.3 Å². The highest BCUT2D eigenvalue weighted by atomic mass is 32.1. The van der Waals surface area contributed by atoms with E-state index in [0.717, 1.165) is 15.8 Å². The third kappa shape index (κ3) is 2.32. The van der Waals surface area contributed by atoms with Gasteiger partial charge in [0, 0.05) is 0 Å². The van der Waals surface area contributed by atoms with Gasteiger partial charge < -0.3 is 10.3 Å². The first-order chi connectivity index (χ1) is 10.3. The number of hydrogen-bond donors (Lipinski definition) is 1. The smallest absolute Gasteiger partial charge is 0.290 e. The van der Waals surface area contributed by atoms with E-state index in [1.165, 1.54) is 11.3 Å². The van der Waals surface area contributed by atoms with Gasteiger partial charge in [0.1, 0.15) is 6.67 Å². The summed E-state index contributed by atoms with van der Waals surface area (Å²) in [5.41, 5.74) is 1.33. The zero-order valence-corrected chi connectivity index (χ0v) is 13.7. The number of β-amino-alcohol motifs (C(OH)–C–C–N with tert-alkyl or cyclic N) is 1. The van der Waals surface area contributed by atoms with Crippen molar-refractivity contribution in [3.8, 4) is 12.3 Å². The zero-order chi connectivity index (χ0) is 16.1. The fourth-order valence-corrected chi connectivity index (χ4v) is 3.63. The molecule has 6 heteroatoms. The molecule has 2 atom stereocenters. The normalized spacial score (nSPS) is 26.5. The minimum absolute atomic E-state index is 0.108. The topological polar surface area (TPSA) is 59.4 Å². The number of nitrogens with zero attached hydrogens (tertiary/aromatic N) is 3. The molecule has 0 amide bonds. The maximum atomic E-state index is 13.2. The summed E-state index contributed by atoms with van der Waals surface area (Å²) in [7, 11) is 0. The van der Waals surface area contributed by atoms with Crippen LogP contribution in [0.4, 0.5) is 5.13 Å². The SMILES string of the molecule is C#CC(C)(C)N1CC(O)[N+]([O-])(c2nc3cc(C)ccc3s2)C1. The van der Waals surface area contributed by atoms with Crippen molar-refractivity contribution in [1.82, 2.24) is 14.5 Å². The summed E-state index contributed by atoms with van der Waals surface area (Å²) in [4.78, 5) is 6.30. The molecule has 0 spiro atoms. The first kappa shape index (κ1) is 15.4. The molecular weight excluding hydrogens is 298 g/mol. The average Bonchev–Trinajstić information content (AvgIpc) is 3.02. The van der Waals surface area contributed by atoms with E-state index in [1.807, 2.05) is 43.9 Å². The standard InChI is InChI=1S/C16H19N3O2S/c1-5-16(3,4)18-9-14(20)19(21,10-18)15-17-12-8-11(2)6-7-13(12)22-15/h1,6-8,14,20H,9-10H2,2-4H3. The molecule has 0 aliphatic carbocycles. The molecule has 22 heavy (non-hydrogen) atoms. The number of aryl methyl sites for hydroxylation is 1. The molecule has 0 saturated carbocycles. The number of aliphatic hydroxyl groups is 1. The van der Waals surface area contributed by atoms with Gasteiger partial charge in [-0.25, -0.2) is 4.90 Å². The number of thiazole rings is 1. The fraction of sp³-hybridized carbons (Fsp3) is 0.438. The van der Waals surface area contributed by atoms with Gasteiger partial charge in [0.05, 0.1) is 22.3 Å². The van der Waals surface area contributed by atoms with Crippen molar-refractivity contribution in [3.05, 3.63) is 29.0 Å². The van der Waals surface area contributed by atoms with Crippen molar-refractivity contribution in [2.24, 2.45) is 0 Å². The van der Waals surface area contributed by atoms with Crippen LogP contribution in [0.15, 0.2) is 18.2 Å². The Morgan fingerprint density at radius 2 is 2.27 bits per heavy atom. The van der Waals surface area contributed by atoms with Crippen molar-refractivity contribution >= 4 is 26.7 Å². The largest absolute Gasteiger partial charge is 0.623 e. The lowest BCUT2D eigenvalue weighted by atomic mass is 10.1. The molecule has 1 aliphatic heterocycles. The van der Waals surface area contributed by atoms with Gasteiger partial charge >= 0.3 is 0 Å². The van der Waals surface area contributed by atoms with E-state index in [-0.39, 0.29) is 13.2 Å². The molecule has 2 heterocycles. The molecule has 1 aromatic heterocycles. The van der Waals surface area contributed by atoms with Gasteiger partial charge in [-0.3, -0.25) is 4.65 Å². The first-order valence-corrected chi connectivity index (χ1v) is 7.95. The van der Waals surface area contributed by atoms with Crippen LogP contribution in [0.5, 0.6) is 0 Å². The Labute approximate surface area is 134 Å². The van der Waals surface area contributed by atoms with Gasteiger partial charge in [-0.2, -0.15) is 4.98 Å². The van der Waals surface area contributed by atoms with E-state index >= 15 is 0 Å². The van der Waals surface area contributed by atoms with Crippen LogP contribution in [0.2, 0.25) is 0 Å².